The molecule has 40 heavy (non-hydrogen) atoms. The zero-order valence-electron chi connectivity index (χ0n) is 25.7. The number of aromatic nitrogens is 3. The third-order valence-corrected chi connectivity index (χ3v) is 7.14. The van der Waals surface area contributed by atoms with Gasteiger partial charge in [-0.15, -0.1) is 0 Å². The van der Waals surface area contributed by atoms with Crippen LogP contribution in [0.4, 0.5) is 11.5 Å². The maximum absolute atomic E-state index is 12.4. The minimum Gasteiger partial charge on any atom is -0.460 e. The van der Waals surface area contributed by atoms with Gasteiger partial charge in [0.2, 0.25) is 0 Å². The number of pyridine rings is 1. The van der Waals surface area contributed by atoms with Gasteiger partial charge in [-0.2, -0.15) is 0 Å². The summed E-state index contributed by atoms with van der Waals surface area (Å²) in [7, 11) is 0. The number of piperazine rings is 1. The lowest BCUT2D eigenvalue weighted by Gasteiger charge is -2.42. The van der Waals surface area contributed by atoms with Crippen LogP contribution in [0.15, 0.2) is 18.2 Å². The second-order valence-electron chi connectivity index (χ2n) is 13.4. The highest BCUT2D eigenvalue weighted by Crippen LogP contribution is 2.31. The van der Waals surface area contributed by atoms with Crippen LogP contribution < -0.4 is 10.6 Å². The van der Waals surface area contributed by atoms with Crippen LogP contribution in [0, 0.1) is 0 Å². The van der Waals surface area contributed by atoms with E-state index in [1.165, 1.54) is 5.69 Å². The highest BCUT2D eigenvalue weighted by molar-refractivity contribution is 6.07. The molecule has 1 saturated heterocycles. The smallest absolute Gasteiger partial charge is 0.309 e. The predicted molar refractivity (Wildman–Crippen MR) is 163 cm³/mol. The molecule has 9 heteroatoms. The number of rotatable bonds is 10. The number of H-pyrrole nitrogens is 1. The molecule has 0 saturated carbocycles. The molecule has 1 aliphatic rings. The number of nitrogens with zero attached hydrogens (tertiary/aromatic N) is 4. The first-order valence-electron chi connectivity index (χ1n) is 14.6. The number of unbranched alkanes of at least 4 members (excludes halogenated alkanes) is 1. The monoisotopic (exact) mass is 552 g/mol. The van der Waals surface area contributed by atoms with Crippen LogP contribution in [0.1, 0.15) is 80.5 Å². The topological polar surface area (TPSA) is 110 Å². The number of fused-ring (bicyclic) bond motifs is 3. The summed E-state index contributed by atoms with van der Waals surface area (Å²) in [5, 5.41) is 1.06. The molecule has 0 aliphatic carbocycles. The third kappa shape index (κ3) is 7.63. The van der Waals surface area contributed by atoms with Gasteiger partial charge >= 0.3 is 5.97 Å². The Kier molecular flexibility index (Phi) is 8.66. The maximum atomic E-state index is 12.4. The largest absolute Gasteiger partial charge is 0.460 e. The van der Waals surface area contributed by atoms with Gasteiger partial charge < -0.3 is 25.1 Å². The predicted octanol–water partition coefficient (Wildman–Crippen LogP) is 5.46. The Morgan fingerprint density at radius 1 is 1.02 bits per heavy atom. The highest BCUT2D eigenvalue weighted by Gasteiger charge is 2.34. The lowest BCUT2D eigenvalue weighted by atomic mass is 10.0. The quantitative estimate of drug-likeness (QED) is 0.319. The number of aryl methyl sites for hydroxylation is 1. The van der Waals surface area contributed by atoms with E-state index in [1.807, 2.05) is 34.6 Å². The number of hydrogen-bond acceptors (Lipinski definition) is 8. The summed E-state index contributed by atoms with van der Waals surface area (Å²) in [6.45, 7) is 20.4. The summed E-state index contributed by atoms with van der Waals surface area (Å²) in [6.07, 6.45) is 3.33. The Hall–Kier alpha value is -2.91. The fourth-order valence-electron chi connectivity index (χ4n) is 5.71. The average molecular weight is 553 g/mol. The molecular weight excluding hydrogens is 504 g/mol. The summed E-state index contributed by atoms with van der Waals surface area (Å²) in [6, 6.07) is 6.41. The minimum atomic E-state index is -0.620. The van der Waals surface area contributed by atoms with Gasteiger partial charge in [0.15, 0.2) is 5.82 Å². The van der Waals surface area contributed by atoms with Crippen LogP contribution in [0.2, 0.25) is 0 Å². The summed E-state index contributed by atoms with van der Waals surface area (Å²) in [5.41, 5.74) is 8.52. The molecule has 0 atom stereocenters. The lowest BCUT2D eigenvalue weighted by Crippen LogP contribution is -2.53. The Morgan fingerprint density at radius 2 is 1.73 bits per heavy atom. The van der Waals surface area contributed by atoms with Crippen LogP contribution in [0.25, 0.3) is 21.9 Å². The van der Waals surface area contributed by atoms with Crippen molar-refractivity contribution >= 4 is 39.4 Å². The Balaban J connectivity index is 1.39. The third-order valence-electron chi connectivity index (χ3n) is 7.14. The van der Waals surface area contributed by atoms with E-state index in [0.717, 1.165) is 79.7 Å². The zero-order valence-corrected chi connectivity index (χ0v) is 25.7. The van der Waals surface area contributed by atoms with Crippen molar-refractivity contribution in [2.24, 2.45) is 0 Å². The van der Waals surface area contributed by atoms with Crippen LogP contribution >= 0.6 is 0 Å². The molecule has 3 heterocycles. The second kappa shape index (κ2) is 11.5. The van der Waals surface area contributed by atoms with Crippen LogP contribution in [-0.2, 0) is 20.7 Å². The van der Waals surface area contributed by atoms with E-state index >= 15 is 0 Å². The first-order chi connectivity index (χ1) is 18.6. The molecule has 4 rings (SSSR count). The van der Waals surface area contributed by atoms with Gasteiger partial charge in [-0.3, -0.25) is 9.69 Å². The van der Waals surface area contributed by atoms with Crippen LogP contribution in [0.5, 0.6) is 0 Å². The molecule has 0 radical (unpaired) electrons. The fraction of sp³-hybridized carbons (Fsp3) is 0.645. The number of nitrogens with one attached hydrogen (secondary N) is 1. The van der Waals surface area contributed by atoms with E-state index < -0.39 is 16.8 Å². The summed E-state index contributed by atoms with van der Waals surface area (Å²) < 4.78 is 12.0. The number of carbonyl (C=O) groups excluding carboxylic acids is 1. The zero-order chi connectivity index (χ0) is 29.3. The normalized spacial score (nSPS) is 15.8. The van der Waals surface area contributed by atoms with E-state index in [2.05, 4.69) is 58.7 Å². The molecule has 0 unspecified atom stereocenters. The molecule has 1 aromatic carbocycles. The van der Waals surface area contributed by atoms with Crippen LogP contribution in [0.3, 0.4) is 0 Å². The van der Waals surface area contributed by atoms with Crippen molar-refractivity contribution in [3.63, 3.8) is 0 Å². The number of nitrogen functional groups attached to an aromatic ring is 1. The number of carbonyl (C=O) groups is 1. The Bertz CT molecular complexity index is 1330. The van der Waals surface area contributed by atoms with Crippen molar-refractivity contribution in [1.29, 1.82) is 0 Å². The molecule has 3 aromatic rings. The van der Waals surface area contributed by atoms with Gasteiger partial charge in [-0.25, -0.2) is 9.97 Å². The average Bonchev–Trinajstić information content (AvgIpc) is 3.26. The number of esters is 1. The molecule has 9 nitrogen and oxygen atoms in total. The number of nitrogens with two attached hydrogens (primary N) is 1. The lowest BCUT2D eigenvalue weighted by molar-refractivity contribution is -0.172. The van der Waals surface area contributed by atoms with E-state index in [1.54, 1.807) is 0 Å². The Labute approximate surface area is 238 Å². The molecular formula is C31H48N6O3. The van der Waals surface area contributed by atoms with E-state index in [0.29, 0.717) is 5.82 Å². The van der Waals surface area contributed by atoms with Gasteiger partial charge in [0, 0.05) is 50.2 Å². The van der Waals surface area contributed by atoms with Gasteiger partial charge in [-0.1, -0.05) is 13.3 Å². The number of hydrogen-bond donors (Lipinski definition) is 2. The van der Waals surface area contributed by atoms with E-state index in [-0.39, 0.29) is 12.4 Å². The highest BCUT2D eigenvalue weighted by atomic mass is 16.6. The van der Waals surface area contributed by atoms with Crippen molar-refractivity contribution in [3.8, 4) is 0 Å². The number of aromatic amines is 1. The van der Waals surface area contributed by atoms with Crippen molar-refractivity contribution in [2.75, 3.05) is 43.4 Å². The molecule has 220 valence electrons. The number of anilines is 2. The first kappa shape index (κ1) is 30.1. The van der Waals surface area contributed by atoms with Crippen molar-refractivity contribution in [3.05, 3.63) is 24.0 Å². The molecule has 1 fully saturated rings. The van der Waals surface area contributed by atoms with E-state index in [4.69, 9.17) is 20.2 Å². The SMILES string of the molecule is CCCCc1nc2c(N)nc3ccc(N4CCN(CC(C)(C)OC(C)(C)CC(=O)OC(C)(C)C)CC4)cc3c2[nH]1. The number of ether oxygens (including phenoxy) is 2. The van der Waals surface area contributed by atoms with Gasteiger partial charge in [-0.05, 0) is 73.1 Å². The van der Waals surface area contributed by atoms with Gasteiger partial charge in [0.1, 0.15) is 16.9 Å². The minimum absolute atomic E-state index is 0.216. The van der Waals surface area contributed by atoms with Gasteiger partial charge in [0.05, 0.1) is 28.7 Å². The second-order valence-corrected chi connectivity index (χ2v) is 13.4. The first-order valence-corrected chi connectivity index (χ1v) is 14.6. The molecule has 0 amide bonds. The molecule has 2 aromatic heterocycles. The molecule has 0 spiro atoms. The van der Waals surface area contributed by atoms with Crippen molar-refractivity contribution < 1.29 is 14.3 Å². The molecule has 3 N–H and O–H groups in total. The number of benzene rings is 1. The number of imidazole rings is 1. The summed E-state index contributed by atoms with van der Waals surface area (Å²) in [4.78, 5) is 30.2. The molecule has 1 aliphatic heterocycles. The summed E-state index contributed by atoms with van der Waals surface area (Å²) >= 11 is 0. The molecule has 0 bridgehead atoms. The van der Waals surface area contributed by atoms with Crippen molar-refractivity contribution in [2.45, 2.75) is 97.9 Å². The van der Waals surface area contributed by atoms with E-state index in [9.17, 15) is 4.79 Å². The fourth-order valence-corrected chi connectivity index (χ4v) is 5.71. The Morgan fingerprint density at radius 3 is 2.38 bits per heavy atom. The van der Waals surface area contributed by atoms with Crippen molar-refractivity contribution in [1.82, 2.24) is 19.9 Å². The standard InChI is InChI=1S/C31H48N6O3/c1-9-10-11-24-34-26-22-18-21(12-13-23(22)33-28(32)27(26)35-24)37-16-14-36(15-17-37)20-31(7,8)40-30(5,6)19-25(38)39-29(2,3)4/h12-13,18H,9-11,14-17,19-20H2,1-8H3,(H2,32,33)(H,34,35). The van der Waals surface area contributed by atoms with Crippen LogP contribution in [-0.4, -0.2) is 75.3 Å². The van der Waals surface area contributed by atoms with Gasteiger partial charge in [0.25, 0.3) is 0 Å². The summed E-state index contributed by atoms with van der Waals surface area (Å²) in [5.74, 6) is 1.21. The maximum Gasteiger partial charge on any atom is 0.309 e.